The Morgan fingerprint density at radius 3 is 2.82 bits per heavy atom. The highest BCUT2D eigenvalue weighted by atomic mass is 35.5. The molecule has 1 aliphatic carbocycles. The number of rotatable bonds is 4. The molecule has 0 bridgehead atoms. The Bertz CT molecular complexity index is 1330. The highest BCUT2D eigenvalue weighted by Crippen LogP contribution is 2.40. The normalized spacial score (nSPS) is 16.0. The molecule has 0 atom stereocenters. The Labute approximate surface area is 202 Å². The van der Waals surface area contributed by atoms with E-state index >= 15 is 0 Å². The van der Waals surface area contributed by atoms with E-state index in [0.717, 1.165) is 64.4 Å². The number of amides is 1. The summed E-state index contributed by atoms with van der Waals surface area (Å²) < 4.78 is 7.59. The molecule has 2 aliphatic rings. The third-order valence-electron chi connectivity index (χ3n) is 6.37. The molecule has 0 fully saturated rings. The van der Waals surface area contributed by atoms with E-state index in [9.17, 15) is 9.59 Å². The van der Waals surface area contributed by atoms with E-state index in [0.29, 0.717) is 22.8 Å². The predicted molar refractivity (Wildman–Crippen MR) is 134 cm³/mol. The van der Waals surface area contributed by atoms with Crippen molar-refractivity contribution in [1.82, 2.24) is 4.57 Å². The van der Waals surface area contributed by atoms with Crippen LogP contribution < -0.4 is 5.32 Å². The fourth-order valence-corrected chi connectivity index (χ4v) is 6.49. The molecular formula is C26H25ClN2O3S. The third kappa shape index (κ3) is 3.71. The number of hydrogen-bond donors (Lipinski definition) is 1. The Morgan fingerprint density at radius 2 is 2.03 bits per heavy atom. The number of ether oxygens (including phenoxy) is 1. The van der Waals surface area contributed by atoms with E-state index in [-0.39, 0.29) is 11.9 Å². The van der Waals surface area contributed by atoms with Crippen LogP contribution in [0.5, 0.6) is 0 Å². The zero-order chi connectivity index (χ0) is 23.3. The number of nitrogens with one attached hydrogen (secondary N) is 1. The topological polar surface area (TPSA) is 60.3 Å². The maximum absolute atomic E-state index is 13.0. The number of fused-ring (bicyclic) bond motifs is 2. The van der Waals surface area contributed by atoms with Crippen molar-refractivity contribution in [3.63, 3.8) is 0 Å². The van der Waals surface area contributed by atoms with Crippen LogP contribution in [0.15, 0.2) is 24.3 Å². The average Bonchev–Trinajstić information content (AvgIpc) is 3.39. The largest absolute Gasteiger partial charge is 0.462 e. The number of anilines is 1. The fraction of sp³-hybridized carbons (Fsp3) is 0.308. The van der Waals surface area contributed by atoms with Crippen LogP contribution in [0, 0.1) is 13.8 Å². The van der Waals surface area contributed by atoms with Gasteiger partial charge in [0.25, 0.3) is 5.91 Å². The molecule has 7 heteroatoms. The number of thiophene rings is 1. The van der Waals surface area contributed by atoms with Crippen molar-refractivity contribution < 1.29 is 14.3 Å². The lowest BCUT2D eigenvalue weighted by Gasteiger charge is -2.13. The van der Waals surface area contributed by atoms with E-state index in [4.69, 9.17) is 16.3 Å². The first kappa shape index (κ1) is 22.0. The third-order valence-corrected chi connectivity index (χ3v) is 7.88. The summed E-state index contributed by atoms with van der Waals surface area (Å²) in [6, 6.07) is 7.49. The Kier molecular flexibility index (Phi) is 5.67. The van der Waals surface area contributed by atoms with Crippen LogP contribution in [-0.2, 0) is 22.4 Å². The summed E-state index contributed by atoms with van der Waals surface area (Å²) in [7, 11) is 0. The second-order valence-corrected chi connectivity index (χ2v) is 10.00. The number of aryl methyl sites for hydroxylation is 2. The van der Waals surface area contributed by atoms with Gasteiger partial charge in [-0.2, -0.15) is 0 Å². The fourth-order valence-electron chi connectivity index (χ4n) is 4.83. The van der Waals surface area contributed by atoms with Crippen molar-refractivity contribution in [2.24, 2.45) is 0 Å². The summed E-state index contributed by atoms with van der Waals surface area (Å²) in [5.74, 6) is -0.392. The second-order valence-electron chi connectivity index (χ2n) is 8.48. The highest BCUT2D eigenvalue weighted by molar-refractivity contribution is 7.15. The minimum absolute atomic E-state index is 0.143. The first-order valence-corrected chi connectivity index (χ1v) is 12.4. The van der Waals surface area contributed by atoms with Gasteiger partial charge in [0.15, 0.2) is 0 Å². The first-order valence-electron chi connectivity index (χ1n) is 11.2. The smallest absolute Gasteiger partial charge is 0.341 e. The Hall–Kier alpha value is -2.83. The van der Waals surface area contributed by atoms with Crippen molar-refractivity contribution in [3.05, 3.63) is 67.8 Å². The summed E-state index contributed by atoms with van der Waals surface area (Å²) in [5.41, 5.74) is 6.97. The number of carbonyl (C=O) groups excluding carboxylic acids is 2. The standard InChI is InChI=1S/C26H25ClN2O3S/c1-4-32-26(31)23-19-7-5-6-8-22(19)33-25(23)29-14(2)11-16(15(29)3)12-20-18-10-9-17(27)13-21(18)28-24(20)30/h9-13H,4-8H2,1-3H3,(H,28,30)/b20-12+. The molecule has 0 radical (unpaired) electrons. The van der Waals surface area contributed by atoms with Crippen molar-refractivity contribution in [3.8, 4) is 5.00 Å². The van der Waals surface area contributed by atoms with Crippen LogP contribution in [0.3, 0.4) is 0 Å². The van der Waals surface area contributed by atoms with Crippen LogP contribution in [0.2, 0.25) is 5.02 Å². The maximum atomic E-state index is 13.0. The second kappa shape index (κ2) is 8.50. The monoisotopic (exact) mass is 480 g/mol. The minimum atomic E-state index is -0.250. The van der Waals surface area contributed by atoms with E-state index in [1.807, 2.05) is 32.9 Å². The van der Waals surface area contributed by atoms with Gasteiger partial charge in [0.1, 0.15) is 5.00 Å². The van der Waals surface area contributed by atoms with Crippen LogP contribution in [0.4, 0.5) is 5.69 Å². The summed E-state index contributed by atoms with van der Waals surface area (Å²) in [6.07, 6.45) is 6.08. The van der Waals surface area contributed by atoms with Crippen molar-refractivity contribution in [2.45, 2.75) is 46.5 Å². The molecule has 1 aliphatic heterocycles. The van der Waals surface area contributed by atoms with E-state index in [1.165, 1.54) is 4.88 Å². The molecule has 5 nitrogen and oxygen atoms in total. The molecule has 1 aromatic carbocycles. The van der Waals surface area contributed by atoms with Gasteiger partial charge in [-0.3, -0.25) is 4.79 Å². The van der Waals surface area contributed by atoms with Gasteiger partial charge >= 0.3 is 5.97 Å². The number of hydrogen-bond acceptors (Lipinski definition) is 4. The Balaban J connectivity index is 1.64. The van der Waals surface area contributed by atoms with E-state index in [2.05, 4.69) is 16.0 Å². The molecule has 33 heavy (non-hydrogen) atoms. The van der Waals surface area contributed by atoms with Gasteiger partial charge in [0, 0.05) is 32.4 Å². The van der Waals surface area contributed by atoms with E-state index in [1.54, 1.807) is 23.5 Å². The van der Waals surface area contributed by atoms with Gasteiger partial charge in [-0.1, -0.05) is 17.7 Å². The zero-order valence-electron chi connectivity index (χ0n) is 18.9. The Morgan fingerprint density at radius 1 is 1.24 bits per heavy atom. The molecule has 0 unspecified atom stereocenters. The molecule has 1 N–H and O–H groups in total. The predicted octanol–water partition coefficient (Wildman–Crippen LogP) is 6.36. The first-order chi connectivity index (χ1) is 15.9. The van der Waals surface area contributed by atoms with Gasteiger partial charge in [-0.15, -0.1) is 11.3 Å². The van der Waals surface area contributed by atoms with Crippen LogP contribution in [-0.4, -0.2) is 23.1 Å². The summed E-state index contributed by atoms with van der Waals surface area (Å²) in [5, 5.41) is 4.40. The molecule has 1 amide bonds. The molecule has 0 saturated heterocycles. The number of aromatic nitrogens is 1. The average molecular weight is 481 g/mol. The molecule has 2 aromatic heterocycles. The quantitative estimate of drug-likeness (QED) is 0.349. The van der Waals surface area contributed by atoms with Crippen LogP contribution in [0.25, 0.3) is 16.7 Å². The van der Waals surface area contributed by atoms with Crippen molar-refractivity contribution in [1.29, 1.82) is 0 Å². The zero-order valence-corrected chi connectivity index (χ0v) is 20.5. The summed E-state index contributed by atoms with van der Waals surface area (Å²) in [6.45, 7) is 6.25. The van der Waals surface area contributed by atoms with Crippen LogP contribution in [0.1, 0.15) is 63.1 Å². The van der Waals surface area contributed by atoms with Gasteiger partial charge in [-0.05, 0) is 81.9 Å². The maximum Gasteiger partial charge on any atom is 0.341 e. The lowest BCUT2D eigenvalue weighted by molar-refractivity contribution is -0.110. The van der Waals surface area contributed by atoms with Gasteiger partial charge in [0.05, 0.1) is 17.9 Å². The van der Waals surface area contributed by atoms with Gasteiger partial charge in [-0.25, -0.2) is 4.79 Å². The lowest BCUT2D eigenvalue weighted by Crippen LogP contribution is -2.12. The molecular weight excluding hydrogens is 456 g/mol. The van der Waals surface area contributed by atoms with Crippen molar-refractivity contribution >= 4 is 52.2 Å². The minimum Gasteiger partial charge on any atom is -0.462 e. The molecule has 0 saturated carbocycles. The summed E-state index contributed by atoms with van der Waals surface area (Å²) >= 11 is 7.78. The molecule has 0 spiro atoms. The number of nitrogens with zero attached hydrogens (tertiary/aromatic N) is 1. The van der Waals surface area contributed by atoms with E-state index < -0.39 is 0 Å². The SMILES string of the molecule is CCOC(=O)c1c(-n2c(C)cc(/C=C3/C(=O)Nc4cc(Cl)ccc43)c2C)sc2c1CCCC2. The number of benzene rings is 1. The molecule has 5 rings (SSSR count). The highest BCUT2D eigenvalue weighted by Gasteiger charge is 2.29. The number of halogens is 1. The molecule has 170 valence electrons. The van der Waals surface area contributed by atoms with Gasteiger partial charge in [0.2, 0.25) is 0 Å². The summed E-state index contributed by atoms with van der Waals surface area (Å²) in [4.78, 5) is 26.9. The number of esters is 1. The van der Waals surface area contributed by atoms with Gasteiger partial charge < -0.3 is 14.6 Å². The molecule has 3 heterocycles. The lowest BCUT2D eigenvalue weighted by atomic mass is 9.95. The van der Waals surface area contributed by atoms with Crippen LogP contribution >= 0.6 is 22.9 Å². The molecule has 3 aromatic rings. The van der Waals surface area contributed by atoms with Crippen molar-refractivity contribution in [2.75, 3.05) is 11.9 Å². The number of carbonyl (C=O) groups is 2.